The maximum absolute atomic E-state index is 13.1. The summed E-state index contributed by atoms with van der Waals surface area (Å²) in [5, 5.41) is 17.3. The Morgan fingerprint density at radius 3 is 2.27 bits per heavy atom. The fourth-order valence-electron chi connectivity index (χ4n) is 3.58. The number of amides is 1. The van der Waals surface area contributed by atoms with Crippen molar-refractivity contribution in [1.82, 2.24) is 10.6 Å². The number of hydrogen-bond donors (Lipinski definition) is 2. The van der Waals surface area contributed by atoms with Gasteiger partial charge in [0.1, 0.15) is 0 Å². The van der Waals surface area contributed by atoms with Crippen molar-refractivity contribution in [3.63, 3.8) is 0 Å². The lowest BCUT2D eigenvalue weighted by Crippen LogP contribution is -2.52. The van der Waals surface area contributed by atoms with Crippen molar-refractivity contribution in [3.8, 4) is 6.07 Å². The van der Waals surface area contributed by atoms with Gasteiger partial charge in [-0.05, 0) is 37.2 Å². The van der Waals surface area contributed by atoms with E-state index in [1.54, 1.807) is 18.2 Å². The molecular formula is C25H24ClN3O. The molecule has 0 saturated carbocycles. The molecule has 0 bridgehead atoms. The van der Waals surface area contributed by atoms with Crippen LogP contribution in [0.1, 0.15) is 40.0 Å². The lowest BCUT2D eigenvalue weighted by Gasteiger charge is -2.37. The predicted molar refractivity (Wildman–Crippen MR) is 120 cm³/mol. The van der Waals surface area contributed by atoms with Crippen LogP contribution < -0.4 is 10.6 Å². The van der Waals surface area contributed by atoms with Gasteiger partial charge in [-0.3, -0.25) is 10.1 Å². The quantitative estimate of drug-likeness (QED) is 0.558. The summed E-state index contributed by atoms with van der Waals surface area (Å²) in [5.74, 6) is -0.256. The highest BCUT2D eigenvalue weighted by molar-refractivity contribution is 6.31. The van der Waals surface area contributed by atoms with E-state index in [0.29, 0.717) is 22.7 Å². The minimum absolute atomic E-state index is 0.256. The van der Waals surface area contributed by atoms with Crippen molar-refractivity contribution in [2.45, 2.75) is 25.4 Å². The first-order valence-corrected chi connectivity index (χ1v) is 10.2. The molecule has 2 atom stereocenters. The fraction of sp³-hybridized carbons (Fsp3) is 0.200. The molecule has 2 N–H and O–H groups in total. The van der Waals surface area contributed by atoms with Crippen LogP contribution in [0.2, 0.25) is 5.02 Å². The highest BCUT2D eigenvalue weighted by atomic mass is 35.5. The van der Waals surface area contributed by atoms with Crippen molar-refractivity contribution in [1.29, 1.82) is 5.26 Å². The molecule has 0 aliphatic carbocycles. The summed E-state index contributed by atoms with van der Waals surface area (Å²) < 4.78 is 0. The first kappa shape index (κ1) is 21.6. The number of benzene rings is 3. The molecule has 4 nitrogen and oxygen atoms in total. The summed E-state index contributed by atoms with van der Waals surface area (Å²) in [5.41, 5.74) is 1.77. The molecule has 0 aliphatic heterocycles. The van der Waals surface area contributed by atoms with Crippen molar-refractivity contribution in [2.75, 3.05) is 6.54 Å². The van der Waals surface area contributed by atoms with Crippen LogP contribution in [0, 0.1) is 18.3 Å². The molecule has 152 valence electrons. The normalized spacial score (nSPS) is 13.7. The van der Waals surface area contributed by atoms with Crippen LogP contribution in [0.4, 0.5) is 0 Å². The van der Waals surface area contributed by atoms with Crippen LogP contribution in [0.15, 0.2) is 78.9 Å². The molecule has 0 aromatic heterocycles. The lowest BCUT2D eigenvalue weighted by atomic mass is 9.80. The molecular weight excluding hydrogens is 394 g/mol. The first-order chi connectivity index (χ1) is 14.5. The topological polar surface area (TPSA) is 64.9 Å². The molecule has 0 heterocycles. The Balaban J connectivity index is 2.14. The van der Waals surface area contributed by atoms with E-state index in [9.17, 15) is 10.1 Å². The van der Waals surface area contributed by atoms with Crippen molar-refractivity contribution in [3.05, 3.63) is 106 Å². The third-order valence-corrected chi connectivity index (χ3v) is 5.42. The van der Waals surface area contributed by atoms with E-state index in [1.807, 2.05) is 74.5 Å². The zero-order valence-electron chi connectivity index (χ0n) is 17.0. The van der Waals surface area contributed by atoms with Crippen molar-refractivity contribution >= 4 is 17.5 Å². The van der Waals surface area contributed by atoms with Gasteiger partial charge in [0.15, 0.2) is 5.54 Å². The Bertz CT molecular complexity index is 1040. The molecule has 30 heavy (non-hydrogen) atoms. The summed E-state index contributed by atoms with van der Waals surface area (Å²) in [6, 6.07) is 25.8. The maximum atomic E-state index is 13.1. The van der Waals surface area contributed by atoms with Gasteiger partial charge in [-0.25, -0.2) is 0 Å². The van der Waals surface area contributed by atoms with Crippen LogP contribution in [-0.2, 0) is 5.54 Å². The number of nitrogens with one attached hydrogen (secondary N) is 2. The van der Waals surface area contributed by atoms with Crippen molar-refractivity contribution < 1.29 is 4.79 Å². The number of carbonyl (C=O) groups is 1. The maximum Gasteiger partial charge on any atom is 0.251 e. The third-order valence-electron chi connectivity index (χ3n) is 5.09. The highest BCUT2D eigenvalue weighted by Crippen LogP contribution is 2.38. The van der Waals surface area contributed by atoms with E-state index in [-0.39, 0.29) is 5.91 Å². The van der Waals surface area contributed by atoms with Gasteiger partial charge in [0.25, 0.3) is 5.91 Å². The van der Waals surface area contributed by atoms with Crippen LogP contribution >= 0.6 is 11.6 Å². The fourth-order valence-corrected chi connectivity index (χ4v) is 3.87. The van der Waals surface area contributed by atoms with Crippen molar-refractivity contribution in [2.24, 2.45) is 0 Å². The third kappa shape index (κ3) is 4.38. The SMILES string of the molecule is CCNC(C#N)(c1ccccc1Cl)C(NC(=O)c1ccc(C)cc1)c1ccccc1. The summed E-state index contributed by atoms with van der Waals surface area (Å²) in [4.78, 5) is 13.1. The Morgan fingerprint density at radius 1 is 1.03 bits per heavy atom. The number of rotatable bonds is 7. The number of nitriles is 1. The van der Waals surface area contributed by atoms with E-state index < -0.39 is 11.6 Å². The molecule has 3 aromatic carbocycles. The number of aryl methyl sites for hydroxylation is 1. The van der Waals surface area contributed by atoms with E-state index in [2.05, 4.69) is 16.7 Å². The van der Waals surface area contributed by atoms with Crippen LogP contribution in [0.5, 0.6) is 0 Å². The molecule has 0 aliphatic rings. The smallest absolute Gasteiger partial charge is 0.251 e. The van der Waals surface area contributed by atoms with E-state index in [0.717, 1.165) is 11.1 Å². The summed E-state index contributed by atoms with van der Waals surface area (Å²) in [7, 11) is 0. The molecule has 2 unspecified atom stereocenters. The van der Waals surface area contributed by atoms with Crippen LogP contribution in [0.3, 0.4) is 0 Å². The van der Waals surface area contributed by atoms with E-state index in [1.165, 1.54) is 0 Å². The van der Waals surface area contributed by atoms with Gasteiger partial charge in [0.05, 0.1) is 12.1 Å². The second-order valence-corrected chi connectivity index (χ2v) is 7.52. The predicted octanol–water partition coefficient (Wildman–Crippen LogP) is 5.15. The zero-order chi connectivity index (χ0) is 21.6. The first-order valence-electron chi connectivity index (χ1n) is 9.85. The Morgan fingerprint density at radius 2 is 1.67 bits per heavy atom. The van der Waals surface area contributed by atoms with Gasteiger partial charge in [0, 0.05) is 16.1 Å². The highest BCUT2D eigenvalue weighted by Gasteiger charge is 2.43. The monoisotopic (exact) mass is 417 g/mol. The molecule has 1 amide bonds. The molecule has 5 heteroatoms. The number of nitrogens with zero attached hydrogens (tertiary/aromatic N) is 1. The number of carbonyl (C=O) groups excluding carboxylic acids is 1. The lowest BCUT2D eigenvalue weighted by molar-refractivity contribution is 0.0915. The Hall–Kier alpha value is -3.13. The van der Waals surface area contributed by atoms with Crippen LogP contribution in [-0.4, -0.2) is 12.5 Å². The molecule has 0 radical (unpaired) electrons. The minimum Gasteiger partial charge on any atom is -0.342 e. The Kier molecular flexibility index (Phi) is 6.89. The zero-order valence-corrected chi connectivity index (χ0v) is 17.8. The standard InChI is InChI=1S/C25H24ClN3O/c1-3-28-25(17-27,21-11-7-8-12-22(21)26)23(19-9-5-4-6-10-19)29-24(30)20-15-13-18(2)14-16-20/h4-16,23,28H,3H2,1-2H3,(H,29,30). The average Bonchev–Trinajstić information content (AvgIpc) is 2.77. The van der Waals surface area contributed by atoms with E-state index in [4.69, 9.17) is 11.6 Å². The molecule has 0 spiro atoms. The summed E-state index contributed by atoms with van der Waals surface area (Å²) in [6.07, 6.45) is 0. The number of halogens is 1. The van der Waals surface area contributed by atoms with Gasteiger partial charge in [0.2, 0.25) is 0 Å². The molecule has 3 rings (SSSR count). The second-order valence-electron chi connectivity index (χ2n) is 7.11. The van der Waals surface area contributed by atoms with Gasteiger partial charge in [-0.1, -0.05) is 84.8 Å². The number of hydrogen-bond acceptors (Lipinski definition) is 3. The molecule has 0 saturated heterocycles. The van der Waals surface area contributed by atoms with Gasteiger partial charge >= 0.3 is 0 Å². The number of likely N-dealkylation sites (N-methyl/N-ethyl adjacent to an activating group) is 1. The van der Waals surface area contributed by atoms with Gasteiger partial charge in [-0.15, -0.1) is 0 Å². The second kappa shape index (κ2) is 9.58. The molecule has 0 fully saturated rings. The minimum atomic E-state index is -1.26. The summed E-state index contributed by atoms with van der Waals surface area (Å²) in [6.45, 7) is 4.41. The Labute approximate surface area is 182 Å². The van der Waals surface area contributed by atoms with E-state index >= 15 is 0 Å². The van der Waals surface area contributed by atoms with Gasteiger partial charge < -0.3 is 5.32 Å². The van der Waals surface area contributed by atoms with Gasteiger partial charge in [-0.2, -0.15) is 5.26 Å². The largest absolute Gasteiger partial charge is 0.342 e. The molecule has 3 aromatic rings. The van der Waals surface area contributed by atoms with Crippen LogP contribution in [0.25, 0.3) is 0 Å². The average molecular weight is 418 g/mol. The summed E-state index contributed by atoms with van der Waals surface area (Å²) >= 11 is 6.52.